The molecule has 1 saturated carbocycles. The Morgan fingerprint density at radius 3 is 2.55 bits per heavy atom. The minimum Gasteiger partial charge on any atom is -0.366 e. The highest BCUT2D eigenvalue weighted by molar-refractivity contribution is 5.37. The molecule has 1 N–H and O–H groups in total. The van der Waals surface area contributed by atoms with E-state index in [1.165, 1.54) is 30.9 Å². The first-order chi connectivity index (χ1) is 9.74. The van der Waals surface area contributed by atoms with Crippen molar-refractivity contribution in [3.05, 3.63) is 53.5 Å². The summed E-state index contributed by atoms with van der Waals surface area (Å²) >= 11 is 0. The SMILES string of the molecule is Fc1cccc(F)c1CNc1cc(C2CCC2)ncn1. The van der Waals surface area contributed by atoms with Gasteiger partial charge in [-0.1, -0.05) is 12.5 Å². The number of nitrogens with zero attached hydrogens (tertiary/aromatic N) is 2. The van der Waals surface area contributed by atoms with Gasteiger partial charge in [0.2, 0.25) is 0 Å². The summed E-state index contributed by atoms with van der Waals surface area (Å²) in [4.78, 5) is 8.34. The third kappa shape index (κ3) is 2.61. The van der Waals surface area contributed by atoms with E-state index < -0.39 is 11.6 Å². The highest BCUT2D eigenvalue weighted by atomic mass is 19.1. The fraction of sp³-hybridized carbons (Fsp3) is 0.333. The second-order valence-corrected chi connectivity index (χ2v) is 5.01. The first kappa shape index (κ1) is 13.0. The lowest BCUT2D eigenvalue weighted by molar-refractivity contribution is 0.410. The number of hydrogen-bond acceptors (Lipinski definition) is 3. The molecule has 20 heavy (non-hydrogen) atoms. The van der Waals surface area contributed by atoms with Crippen LogP contribution in [-0.2, 0) is 6.54 Å². The van der Waals surface area contributed by atoms with E-state index >= 15 is 0 Å². The van der Waals surface area contributed by atoms with Crippen molar-refractivity contribution in [2.24, 2.45) is 0 Å². The lowest BCUT2D eigenvalue weighted by Gasteiger charge is -2.24. The van der Waals surface area contributed by atoms with Gasteiger partial charge in [0.15, 0.2) is 0 Å². The van der Waals surface area contributed by atoms with Crippen molar-refractivity contribution < 1.29 is 8.78 Å². The maximum absolute atomic E-state index is 13.5. The van der Waals surface area contributed by atoms with Gasteiger partial charge >= 0.3 is 0 Å². The molecule has 1 heterocycles. The van der Waals surface area contributed by atoms with Gasteiger partial charge in [0, 0.05) is 29.8 Å². The Hall–Kier alpha value is -2.04. The molecule has 3 nitrogen and oxygen atoms in total. The maximum Gasteiger partial charge on any atom is 0.131 e. The number of rotatable bonds is 4. The fourth-order valence-electron chi connectivity index (χ4n) is 2.28. The van der Waals surface area contributed by atoms with E-state index in [1.54, 1.807) is 0 Å². The molecule has 0 bridgehead atoms. The summed E-state index contributed by atoms with van der Waals surface area (Å²) in [6.45, 7) is 0.0691. The topological polar surface area (TPSA) is 37.8 Å². The Balaban J connectivity index is 1.72. The lowest BCUT2D eigenvalue weighted by Crippen LogP contribution is -2.12. The van der Waals surface area contributed by atoms with Crippen LogP contribution in [0, 0.1) is 11.6 Å². The third-order valence-corrected chi connectivity index (χ3v) is 3.72. The highest BCUT2D eigenvalue weighted by Gasteiger charge is 2.21. The number of nitrogens with one attached hydrogen (secondary N) is 1. The zero-order chi connectivity index (χ0) is 13.9. The Kier molecular flexibility index (Phi) is 3.58. The van der Waals surface area contributed by atoms with Crippen LogP contribution in [0.2, 0.25) is 0 Å². The van der Waals surface area contributed by atoms with Crippen molar-refractivity contribution in [2.75, 3.05) is 5.32 Å². The maximum atomic E-state index is 13.5. The lowest BCUT2D eigenvalue weighted by atomic mass is 9.83. The van der Waals surface area contributed by atoms with Crippen molar-refractivity contribution in [1.82, 2.24) is 9.97 Å². The molecule has 1 aromatic carbocycles. The van der Waals surface area contributed by atoms with Crippen LogP contribution in [0.25, 0.3) is 0 Å². The molecule has 3 rings (SSSR count). The monoisotopic (exact) mass is 275 g/mol. The summed E-state index contributed by atoms with van der Waals surface area (Å²) < 4.78 is 27.0. The second-order valence-electron chi connectivity index (χ2n) is 5.01. The van der Waals surface area contributed by atoms with Crippen LogP contribution >= 0.6 is 0 Å². The van der Waals surface area contributed by atoms with Gasteiger partial charge in [-0.05, 0) is 25.0 Å². The summed E-state index contributed by atoms with van der Waals surface area (Å²) in [5.41, 5.74) is 1.03. The number of hydrogen-bond donors (Lipinski definition) is 1. The highest BCUT2D eigenvalue weighted by Crippen LogP contribution is 2.35. The zero-order valence-electron chi connectivity index (χ0n) is 10.9. The van der Waals surface area contributed by atoms with Crippen LogP contribution in [0.5, 0.6) is 0 Å². The molecule has 5 heteroatoms. The zero-order valence-corrected chi connectivity index (χ0v) is 10.9. The smallest absolute Gasteiger partial charge is 0.131 e. The number of aromatic nitrogens is 2. The molecule has 0 spiro atoms. The standard InChI is InChI=1S/C15H15F2N3/c16-12-5-2-6-13(17)11(12)8-18-15-7-14(19-9-20-15)10-3-1-4-10/h2,5-7,9-10H,1,3-4,8H2,(H,18,19,20). The first-order valence-corrected chi connectivity index (χ1v) is 6.73. The summed E-state index contributed by atoms with van der Waals surface area (Å²) in [6.07, 6.45) is 5.03. The van der Waals surface area contributed by atoms with E-state index in [1.807, 2.05) is 6.07 Å². The predicted octanol–water partition coefficient (Wildman–Crippen LogP) is 3.63. The summed E-state index contributed by atoms with van der Waals surface area (Å²) in [5.74, 6) is 0.00449. The van der Waals surface area contributed by atoms with Gasteiger partial charge in [-0.25, -0.2) is 18.7 Å². The minimum absolute atomic E-state index is 0.0244. The van der Waals surface area contributed by atoms with Crippen molar-refractivity contribution >= 4 is 5.82 Å². The van der Waals surface area contributed by atoms with E-state index in [4.69, 9.17) is 0 Å². The van der Waals surface area contributed by atoms with Crippen LogP contribution < -0.4 is 5.32 Å². The Bertz CT molecular complexity index is 592. The van der Waals surface area contributed by atoms with E-state index in [2.05, 4.69) is 15.3 Å². The van der Waals surface area contributed by atoms with Crippen LogP contribution in [0.4, 0.5) is 14.6 Å². The van der Waals surface area contributed by atoms with Gasteiger partial charge in [-0.2, -0.15) is 0 Å². The number of halogens is 2. The van der Waals surface area contributed by atoms with Gasteiger partial charge < -0.3 is 5.32 Å². The molecule has 1 aliphatic rings. The summed E-state index contributed by atoms with van der Waals surface area (Å²) in [6, 6.07) is 5.72. The molecule has 0 radical (unpaired) electrons. The molecule has 2 aromatic rings. The summed E-state index contributed by atoms with van der Waals surface area (Å²) in [5, 5.41) is 2.95. The largest absolute Gasteiger partial charge is 0.366 e. The van der Waals surface area contributed by atoms with Crippen LogP contribution in [-0.4, -0.2) is 9.97 Å². The molecule has 1 aliphatic carbocycles. The molecule has 1 fully saturated rings. The molecule has 0 aliphatic heterocycles. The van der Waals surface area contributed by atoms with Crippen LogP contribution in [0.3, 0.4) is 0 Å². The number of anilines is 1. The first-order valence-electron chi connectivity index (χ1n) is 6.73. The van der Waals surface area contributed by atoms with Crippen molar-refractivity contribution in [3.63, 3.8) is 0 Å². The molecule has 0 saturated heterocycles. The Labute approximate surface area is 116 Å². The Morgan fingerprint density at radius 1 is 1.15 bits per heavy atom. The summed E-state index contributed by atoms with van der Waals surface area (Å²) in [7, 11) is 0. The molecule has 0 amide bonds. The van der Waals surface area contributed by atoms with E-state index in [0.717, 1.165) is 18.5 Å². The van der Waals surface area contributed by atoms with Gasteiger partial charge in [0.1, 0.15) is 23.8 Å². The normalized spacial score (nSPS) is 14.9. The molecular weight excluding hydrogens is 260 g/mol. The van der Waals surface area contributed by atoms with Crippen molar-refractivity contribution in [1.29, 1.82) is 0 Å². The van der Waals surface area contributed by atoms with Crippen molar-refractivity contribution in [3.8, 4) is 0 Å². The minimum atomic E-state index is -0.550. The second kappa shape index (κ2) is 5.53. The van der Waals surface area contributed by atoms with E-state index in [0.29, 0.717) is 11.7 Å². The Morgan fingerprint density at radius 2 is 1.90 bits per heavy atom. The van der Waals surface area contributed by atoms with E-state index in [9.17, 15) is 8.78 Å². The molecule has 1 aromatic heterocycles. The molecular formula is C15H15F2N3. The van der Waals surface area contributed by atoms with Gasteiger partial charge in [-0.3, -0.25) is 0 Å². The quantitative estimate of drug-likeness (QED) is 0.925. The predicted molar refractivity (Wildman–Crippen MR) is 72.3 cm³/mol. The molecule has 0 atom stereocenters. The van der Waals surface area contributed by atoms with Gasteiger partial charge in [-0.15, -0.1) is 0 Å². The van der Waals surface area contributed by atoms with Crippen LogP contribution in [0.1, 0.15) is 36.4 Å². The van der Waals surface area contributed by atoms with Gasteiger partial charge in [0.25, 0.3) is 0 Å². The van der Waals surface area contributed by atoms with Crippen molar-refractivity contribution in [2.45, 2.75) is 31.7 Å². The molecule has 0 unspecified atom stereocenters. The van der Waals surface area contributed by atoms with Crippen LogP contribution in [0.15, 0.2) is 30.6 Å². The van der Waals surface area contributed by atoms with E-state index in [-0.39, 0.29) is 12.1 Å². The average molecular weight is 275 g/mol. The fourth-order valence-corrected chi connectivity index (χ4v) is 2.28. The number of benzene rings is 1. The van der Waals surface area contributed by atoms with Gasteiger partial charge in [0.05, 0.1) is 0 Å². The third-order valence-electron chi connectivity index (χ3n) is 3.72. The average Bonchev–Trinajstić information content (AvgIpc) is 2.37. The molecule has 104 valence electrons.